The highest BCUT2D eigenvalue weighted by Crippen LogP contribution is 2.19. The Morgan fingerprint density at radius 1 is 1.35 bits per heavy atom. The van der Waals surface area contributed by atoms with Gasteiger partial charge in [0.05, 0.1) is 11.5 Å². The molecule has 1 aromatic carbocycles. The molecule has 1 aromatic rings. The van der Waals surface area contributed by atoms with E-state index in [0.29, 0.717) is 6.42 Å². The van der Waals surface area contributed by atoms with Crippen molar-refractivity contribution < 1.29 is 23.1 Å². The van der Waals surface area contributed by atoms with Crippen LogP contribution in [0.5, 0.6) is 0 Å². The summed E-state index contributed by atoms with van der Waals surface area (Å²) in [6, 6.07) is 7.85. The molecule has 0 radical (unpaired) electrons. The minimum absolute atomic E-state index is 0.0713. The number of aliphatic hydroxyl groups excluding tert-OH is 1. The molecule has 0 spiro atoms. The normalized spacial score (nSPS) is 12.0. The van der Waals surface area contributed by atoms with Gasteiger partial charge in [-0.2, -0.15) is 0 Å². The fraction of sp³-hybridized carbons (Fsp3) is 0.308. The van der Waals surface area contributed by atoms with Crippen molar-refractivity contribution in [3.05, 3.63) is 41.8 Å². The molecule has 0 aliphatic carbocycles. The van der Waals surface area contributed by atoms with Crippen molar-refractivity contribution in [2.24, 2.45) is 5.16 Å². The highest BCUT2D eigenvalue weighted by Gasteiger charge is 2.25. The quantitative estimate of drug-likeness (QED) is 0.355. The van der Waals surface area contributed by atoms with Crippen LogP contribution in [0.4, 0.5) is 0 Å². The van der Waals surface area contributed by atoms with Gasteiger partial charge in [0, 0.05) is 13.0 Å². The number of nitrogens with zero attached hydrogens (tertiary/aromatic N) is 1. The van der Waals surface area contributed by atoms with E-state index in [2.05, 4.69) is 16.6 Å². The van der Waals surface area contributed by atoms with E-state index in [1.54, 1.807) is 18.2 Å². The first-order valence-electron chi connectivity index (χ1n) is 5.88. The number of rotatable bonds is 7. The molecule has 0 fully saturated rings. The van der Waals surface area contributed by atoms with Gasteiger partial charge in [-0.15, -0.1) is 0 Å². The zero-order valence-corrected chi connectivity index (χ0v) is 12.0. The van der Waals surface area contributed by atoms with Crippen LogP contribution in [0.3, 0.4) is 0 Å². The number of hydrogen-bond donors (Lipinski definition) is 1. The Kier molecular flexibility index (Phi) is 6.20. The topological polar surface area (TPSA) is 85.2 Å². The van der Waals surface area contributed by atoms with Crippen LogP contribution >= 0.6 is 0 Å². The number of aliphatic hydroxyl groups is 1. The van der Waals surface area contributed by atoms with Crippen molar-refractivity contribution in [3.63, 3.8) is 0 Å². The maximum absolute atomic E-state index is 12.3. The summed E-state index contributed by atoms with van der Waals surface area (Å²) in [5, 5.41) is 12.2. The van der Waals surface area contributed by atoms with Crippen LogP contribution in [0.2, 0.25) is 0 Å². The van der Waals surface area contributed by atoms with Crippen molar-refractivity contribution in [1.29, 1.82) is 0 Å². The fourth-order valence-corrected chi connectivity index (χ4v) is 2.46. The molecule has 110 valence electrons. The second kappa shape index (κ2) is 7.66. The number of hydrogen-bond acceptors (Lipinski definition) is 6. The molecule has 7 heteroatoms. The van der Waals surface area contributed by atoms with E-state index < -0.39 is 9.84 Å². The smallest absolute Gasteiger partial charge is 0.269 e. The lowest BCUT2D eigenvalue weighted by Gasteiger charge is -2.11. The van der Waals surface area contributed by atoms with E-state index in [-0.39, 0.29) is 28.9 Å². The van der Waals surface area contributed by atoms with Gasteiger partial charge in [-0.05, 0) is 17.3 Å². The van der Waals surface area contributed by atoms with Gasteiger partial charge >= 0.3 is 0 Å². The molecule has 0 saturated heterocycles. The van der Waals surface area contributed by atoms with Crippen LogP contribution in [0.15, 0.2) is 51.9 Å². The highest BCUT2D eigenvalue weighted by atomic mass is 32.2. The Morgan fingerprint density at radius 2 is 2.00 bits per heavy atom. The lowest BCUT2D eigenvalue weighted by atomic mass is 10.4. The lowest BCUT2D eigenvalue weighted by molar-refractivity contribution is 0.183. The molecule has 0 atom stereocenters. The Balaban J connectivity index is 2.98. The molecule has 0 unspecified atom stereocenters. The van der Waals surface area contributed by atoms with Gasteiger partial charge < -0.3 is 14.7 Å². The fourth-order valence-electron chi connectivity index (χ4n) is 1.33. The van der Waals surface area contributed by atoms with E-state index in [4.69, 9.17) is 9.84 Å². The van der Waals surface area contributed by atoms with E-state index >= 15 is 0 Å². The predicted octanol–water partition coefficient (Wildman–Crippen LogP) is 1.33. The van der Waals surface area contributed by atoms with Crippen LogP contribution in [0.1, 0.15) is 6.42 Å². The van der Waals surface area contributed by atoms with Crippen LogP contribution in [0, 0.1) is 0 Å². The summed E-state index contributed by atoms with van der Waals surface area (Å²) in [6.07, 6.45) is 0.349. The van der Waals surface area contributed by atoms with Gasteiger partial charge in [0.1, 0.15) is 12.0 Å². The molecule has 0 amide bonds. The molecular formula is C13H17NO5S. The first-order chi connectivity index (χ1) is 9.54. The second-order valence-corrected chi connectivity index (χ2v) is 5.72. The van der Waals surface area contributed by atoms with Crippen molar-refractivity contribution in [3.8, 4) is 0 Å². The van der Waals surface area contributed by atoms with Gasteiger partial charge in [-0.3, -0.25) is 0 Å². The molecule has 0 heterocycles. The Hall–Kier alpha value is -1.86. The second-order valence-electron chi connectivity index (χ2n) is 3.74. The van der Waals surface area contributed by atoms with Crippen LogP contribution in [-0.4, -0.2) is 39.7 Å². The van der Waals surface area contributed by atoms with Crippen LogP contribution in [-0.2, 0) is 19.4 Å². The average molecular weight is 299 g/mol. The third-order valence-electron chi connectivity index (χ3n) is 2.33. The third-order valence-corrected chi connectivity index (χ3v) is 4.05. The van der Waals surface area contributed by atoms with Gasteiger partial charge in [0.15, 0.2) is 0 Å². The Labute approximate surface area is 118 Å². The number of oxime groups is 1. The number of ether oxygens (including phenoxy) is 1. The molecule has 0 saturated carbocycles. The molecule has 1 N–H and O–H groups in total. The van der Waals surface area contributed by atoms with E-state index in [1.165, 1.54) is 19.2 Å². The SMILES string of the molecule is C=C(/C(=N\OC)OCCCO)S(=O)(=O)c1ccccc1. The van der Waals surface area contributed by atoms with Crippen LogP contribution < -0.4 is 0 Å². The summed E-state index contributed by atoms with van der Waals surface area (Å²) >= 11 is 0. The van der Waals surface area contributed by atoms with Crippen LogP contribution in [0.25, 0.3) is 0 Å². The molecule has 0 aromatic heterocycles. The van der Waals surface area contributed by atoms with Gasteiger partial charge in [-0.25, -0.2) is 8.42 Å². The van der Waals surface area contributed by atoms with Gasteiger partial charge in [0.2, 0.25) is 9.84 Å². The average Bonchev–Trinajstić information content (AvgIpc) is 2.46. The van der Waals surface area contributed by atoms with E-state index in [1.807, 2.05) is 0 Å². The molecule has 6 nitrogen and oxygen atoms in total. The summed E-state index contributed by atoms with van der Waals surface area (Å²) in [6.45, 7) is 3.56. The third kappa shape index (κ3) is 4.07. The standard InChI is InChI=1S/C13H17NO5S/c1-11(13(14-18-2)19-10-6-9-15)20(16,17)12-7-4-3-5-8-12/h3-5,7-8,15H,1,6,9-10H2,2H3/b14-13+. The summed E-state index contributed by atoms with van der Waals surface area (Å²) in [4.78, 5) is 4.37. The predicted molar refractivity (Wildman–Crippen MR) is 74.9 cm³/mol. The van der Waals surface area contributed by atoms with Crippen molar-refractivity contribution in [1.82, 2.24) is 0 Å². The van der Waals surface area contributed by atoms with E-state index in [0.717, 1.165) is 0 Å². The van der Waals surface area contributed by atoms with Gasteiger partial charge in [0.25, 0.3) is 5.90 Å². The molecule has 1 rings (SSSR count). The lowest BCUT2D eigenvalue weighted by Crippen LogP contribution is -2.17. The summed E-state index contributed by atoms with van der Waals surface area (Å²) in [5.74, 6) is -0.218. The minimum atomic E-state index is -3.79. The number of sulfone groups is 1. The first-order valence-corrected chi connectivity index (χ1v) is 7.36. The van der Waals surface area contributed by atoms with Crippen molar-refractivity contribution in [2.45, 2.75) is 11.3 Å². The monoisotopic (exact) mass is 299 g/mol. The summed E-state index contributed by atoms with van der Waals surface area (Å²) in [7, 11) is -2.51. The Morgan fingerprint density at radius 3 is 2.55 bits per heavy atom. The summed E-state index contributed by atoms with van der Waals surface area (Å²) < 4.78 is 29.8. The maximum atomic E-state index is 12.3. The van der Waals surface area contributed by atoms with Crippen molar-refractivity contribution >= 4 is 15.7 Å². The zero-order valence-electron chi connectivity index (χ0n) is 11.2. The molecule has 0 aliphatic rings. The molecule has 0 aliphatic heterocycles. The van der Waals surface area contributed by atoms with E-state index in [9.17, 15) is 8.42 Å². The number of benzene rings is 1. The highest BCUT2D eigenvalue weighted by molar-refractivity contribution is 7.96. The van der Waals surface area contributed by atoms with Crippen molar-refractivity contribution in [2.75, 3.05) is 20.3 Å². The molecular weight excluding hydrogens is 282 g/mol. The summed E-state index contributed by atoms with van der Waals surface area (Å²) in [5.41, 5.74) is 0. The molecule has 20 heavy (non-hydrogen) atoms. The molecule has 0 bridgehead atoms. The largest absolute Gasteiger partial charge is 0.475 e. The maximum Gasteiger partial charge on any atom is 0.269 e. The Bertz CT molecular complexity index is 566. The van der Waals surface area contributed by atoms with Gasteiger partial charge in [-0.1, -0.05) is 24.8 Å². The minimum Gasteiger partial charge on any atom is -0.475 e. The zero-order chi connectivity index (χ0) is 15.0. The first kappa shape index (κ1) is 16.2.